The van der Waals surface area contributed by atoms with Gasteiger partial charge in [-0.25, -0.2) is 0 Å². The van der Waals surface area contributed by atoms with E-state index >= 15 is 0 Å². The standard InChI is InChI=1S/C18H34/c1-6-7-8-12-17(4)14-10-15-18(5)13-9-11-16(2)3/h13-14,16H,6-12,15H2,1-5H3/b17-14+,18-13+. The highest BCUT2D eigenvalue weighted by Gasteiger charge is 1.94. The quantitative estimate of drug-likeness (QED) is 0.300. The minimum absolute atomic E-state index is 0.828. The molecule has 0 fully saturated rings. The van der Waals surface area contributed by atoms with E-state index in [2.05, 4.69) is 46.8 Å². The largest absolute Gasteiger partial charge is 0.0856 e. The summed E-state index contributed by atoms with van der Waals surface area (Å²) in [5.74, 6) is 0.828. The third kappa shape index (κ3) is 12.0. The molecule has 0 aromatic heterocycles. The van der Waals surface area contributed by atoms with Crippen molar-refractivity contribution in [1.82, 2.24) is 0 Å². The maximum absolute atomic E-state index is 2.44. The van der Waals surface area contributed by atoms with E-state index in [1.165, 1.54) is 51.4 Å². The van der Waals surface area contributed by atoms with Gasteiger partial charge in [-0.2, -0.15) is 0 Å². The minimum Gasteiger partial charge on any atom is -0.0856 e. The van der Waals surface area contributed by atoms with Gasteiger partial charge in [-0.1, -0.05) is 56.9 Å². The van der Waals surface area contributed by atoms with Crippen molar-refractivity contribution >= 4 is 0 Å². The molecule has 0 aliphatic rings. The van der Waals surface area contributed by atoms with E-state index in [4.69, 9.17) is 0 Å². The summed E-state index contributed by atoms with van der Waals surface area (Å²) in [5.41, 5.74) is 3.15. The molecular formula is C18H34. The first-order valence-corrected chi connectivity index (χ1v) is 7.87. The summed E-state index contributed by atoms with van der Waals surface area (Å²) < 4.78 is 0. The maximum atomic E-state index is 2.44. The molecule has 0 saturated carbocycles. The summed E-state index contributed by atoms with van der Waals surface area (Å²) in [7, 11) is 0. The Hall–Kier alpha value is -0.520. The molecule has 106 valence electrons. The summed E-state index contributed by atoms with van der Waals surface area (Å²) >= 11 is 0. The second-order valence-electron chi connectivity index (χ2n) is 6.07. The van der Waals surface area contributed by atoms with Crippen LogP contribution < -0.4 is 0 Å². The van der Waals surface area contributed by atoms with Crippen molar-refractivity contribution in [1.29, 1.82) is 0 Å². The molecular weight excluding hydrogens is 216 g/mol. The Kier molecular flexibility index (Phi) is 11.2. The van der Waals surface area contributed by atoms with Crippen LogP contribution in [0.3, 0.4) is 0 Å². The molecule has 0 saturated heterocycles. The zero-order valence-corrected chi connectivity index (χ0v) is 13.4. The molecule has 0 radical (unpaired) electrons. The average Bonchev–Trinajstić information content (AvgIpc) is 2.29. The van der Waals surface area contributed by atoms with E-state index in [1.54, 1.807) is 11.1 Å². The molecule has 18 heavy (non-hydrogen) atoms. The van der Waals surface area contributed by atoms with Crippen LogP contribution in [0.2, 0.25) is 0 Å². The summed E-state index contributed by atoms with van der Waals surface area (Å²) in [6.45, 7) is 11.4. The monoisotopic (exact) mass is 250 g/mol. The van der Waals surface area contributed by atoms with Crippen LogP contribution in [-0.4, -0.2) is 0 Å². The maximum Gasteiger partial charge on any atom is -0.0288 e. The Labute approximate surface area is 116 Å². The summed E-state index contributed by atoms with van der Waals surface area (Å²) in [5, 5.41) is 0. The second kappa shape index (κ2) is 11.6. The van der Waals surface area contributed by atoms with Gasteiger partial charge in [0.25, 0.3) is 0 Å². The molecule has 0 heteroatoms. The Morgan fingerprint density at radius 2 is 1.50 bits per heavy atom. The molecule has 0 spiro atoms. The molecule has 0 aromatic carbocycles. The number of allylic oxidation sites excluding steroid dienone is 4. The lowest BCUT2D eigenvalue weighted by Crippen LogP contribution is -1.85. The molecule has 0 rings (SSSR count). The SMILES string of the molecule is CCCCC/C(C)=C/CC/C(C)=C/CCC(C)C. The Morgan fingerprint density at radius 1 is 0.889 bits per heavy atom. The van der Waals surface area contributed by atoms with E-state index < -0.39 is 0 Å². The van der Waals surface area contributed by atoms with Gasteiger partial charge in [0, 0.05) is 0 Å². The zero-order chi connectivity index (χ0) is 13.8. The van der Waals surface area contributed by atoms with Gasteiger partial charge >= 0.3 is 0 Å². The summed E-state index contributed by atoms with van der Waals surface area (Å²) in [4.78, 5) is 0. The number of hydrogen-bond acceptors (Lipinski definition) is 0. The van der Waals surface area contributed by atoms with Crippen LogP contribution in [0.5, 0.6) is 0 Å². The van der Waals surface area contributed by atoms with E-state index in [0.29, 0.717) is 0 Å². The van der Waals surface area contributed by atoms with Gasteiger partial charge in [0.15, 0.2) is 0 Å². The minimum atomic E-state index is 0.828. The van der Waals surface area contributed by atoms with E-state index in [0.717, 1.165) is 5.92 Å². The lowest BCUT2D eigenvalue weighted by molar-refractivity contribution is 0.592. The van der Waals surface area contributed by atoms with E-state index in [1.807, 2.05) is 0 Å². The fourth-order valence-electron chi connectivity index (χ4n) is 2.07. The van der Waals surface area contributed by atoms with Gasteiger partial charge < -0.3 is 0 Å². The Morgan fingerprint density at radius 3 is 2.11 bits per heavy atom. The third-order valence-electron chi connectivity index (χ3n) is 3.44. The first kappa shape index (κ1) is 17.5. The molecule has 0 amide bonds. The zero-order valence-electron chi connectivity index (χ0n) is 13.4. The first-order chi connectivity index (χ1) is 8.56. The number of unbranched alkanes of at least 4 members (excludes halogenated alkanes) is 2. The van der Waals surface area contributed by atoms with Crippen LogP contribution in [0, 0.1) is 5.92 Å². The van der Waals surface area contributed by atoms with Crippen LogP contribution in [0.15, 0.2) is 23.3 Å². The van der Waals surface area contributed by atoms with Crippen molar-refractivity contribution in [2.45, 2.75) is 86.0 Å². The fraction of sp³-hybridized carbons (Fsp3) is 0.778. The second-order valence-corrected chi connectivity index (χ2v) is 6.07. The molecule has 0 unspecified atom stereocenters. The third-order valence-corrected chi connectivity index (χ3v) is 3.44. The van der Waals surface area contributed by atoms with Gasteiger partial charge in [0.1, 0.15) is 0 Å². The predicted octanol–water partition coefficient (Wildman–Crippen LogP) is 6.68. The van der Waals surface area contributed by atoms with Gasteiger partial charge in [-0.05, 0) is 58.3 Å². The molecule has 0 nitrogen and oxygen atoms in total. The van der Waals surface area contributed by atoms with Crippen molar-refractivity contribution in [3.8, 4) is 0 Å². The van der Waals surface area contributed by atoms with Crippen molar-refractivity contribution in [3.63, 3.8) is 0 Å². The van der Waals surface area contributed by atoms with Gasteiger partial charge in [-0.15, -0.1) is 0 Å². The van der Waals surface area contributed by atoms with Gasteiger partial charge in [-0.3, -0.25) is 0 Å². The first-order valence-electron chi connectivity index (χ1n) is 7.87. The molecule has 0 atom stereocenters. The highest BCUT2D eigenvalue weighted by atomic mass is 14.0. The normalized spacial score (nSPS) is 13.4. The van der Waals surface area contributed by atoms with E-state index in [-0.39, 0.29) is 0 Å². The molecule has 0 N–H and O–H groups in total. The molecule has 0 aliphatic carbocycles. The molecule has 0 aromatic rings. The average molecular weight is 250 g/mol. The van der Waals surface area contributed by atoms with Crippen LogP contribution in [0.25, 0.3) is 0 Å². The smallest absolute Gasteiger partial charge is 0.0288 e. The summed E-state index contributed by atoms with van der Waals surface area (Å²) in [6.07, 6.45) is 15.3. The van der Waals surface area contributed by atoms with Crippen molar-refractivity contribution in [2.75, 3.05) is 0 Å². The van der Waals surface area contributed by atoms with Crippen LogP contribution in [-0.2, 0) is 0 Å². The van der Waals surface area contributed by atoms with Crippen molar-refractivity contribution < 1.29 is 0 Å². The summed E-state index contributed by atoms with van der Waals surface area (Å²) in [6, 6.07) is 0. The lowest BCUT2D eigenvalue weighted by Gasteiger charge is -2.03. The van der Waals surface area contributed by atoms with Crippen LogP contribution in [0.4, 0.5) is 0 Å². The van der Waals surface area contributed by atoms with Crippen LogP contribution in [0.1, 0.15) is 86.0 Å². The highest BCUT2D eigenvalue weighted by Crippen LogP contribution is 2.13. The molecule has 0 aliphatic heterocycles. The molecule has 0 heterocycles. The van der Waals surface area contributed by atoms with Crippen LogP contribution >= 0.6 is 0 Å². The Bertz CT molecular complexity index is 243. The highest BCUT2D eigenvalue weighted by molar-refractivity contribution is 5.03. The number of rotatable bonds is 10. The molecule has 0 bridgehead atoms. The van der Waals surface area contributed by atoms with Gasteiger partial charge in [0.2, 0.25) is 0 Å². The Balaban J connectivity index is 3.70. The predicted molar refractivity (Wildman–Crippen MR) is 85.0 cm³/mol. The topological polar surface area (TPSA) is 0 Å². The van der Waals surface area contributed by atoms with Crippen molar-refractivity contribution in [2.24, 2.45) is 5.92 Å². The fourth-order valence-corrected chi connectivity index (χ4v) is 2.07. The number of hydrogen-bond donors (Lipinski definition) is 0. The van der Waals surface area contributed by atoms with E-state index in [9.17, 15) is 0 Å². The van der Waals surface area contributed by atoms with Gasteiger partial charge in [0.05, 0.1) is 0 Å². The lowest BCUT2D eigenvalue weighted by atomic mass is 10.0. The van der Waals surface area contributed by atoms with Crippen molar-refractivity contribution in [3.05, 3.63) is 23.3 Å².